The second kappa shape index (κ2) is 7.88. The number of aromatic nitrogens is 4. The van der Waals surface area contributed by atoms with E-state index in [4.69, 9.17) is 4.42 Å². The van der Waals surface area contributed by atoms with Crippen molar-refractivity contribution in [1.29, 1.82) is 0 Å². The Morgan fingerprint density at radius 3 is 2.68 bits per heavy atom. The number of nitrogens with one attached hydrogen (secondary N) is 1. The summed E-state index contributed by atoms with van der Waals surface area (Å²) in [6.45, 7) is 2.16. The molecule has 0 spiro atoms. The lowest BCUT2D eigenvalue weighted by Gasteiger charge is -2.02. The predicted octanol–water partition coefficient (Wildman–Crippen LogP) is 4.78. The van der Waals surface area contributed by atoms with Crippen LogP contribution in [0.15, 0.2) is 82.1 Å². The summed E-state index contributed by atoms with van der Waals surface area (Å²) in [5.41, 5.74) is 3.36. The molecule has 1 aromatic carbocycles. The van der Waals surface area contributed by atoms with Gasteiger partial charge in [-0.3, -0.25) is 4.79 Å². The first-order valence-corrected chi connectivity index (χ1v) is 10.5. The van der Waals surface area contributed by atoms with Gasteiger partial charge in [-0.25, -0.2) is 9.67 Å². The molecular weight excluding hydrogens is 458 g/mol. The number of amides is 1. The van der Waals surface area contributed by atoms with Gasteiger partial charge in [-0.05, 0) is 59.3 Å². The molecule has 0 bridgehead atoms. The van der Waals surface area contributed by atoms with Crippen molar-refractivity contribution in [2.75, 3.05) is 0 Å². The van der Waals surface area contributed by atoms with Crippen molar-refractivity contribution in [3.05, 3.63) is 94.7 Å². The van der Waals surface area contributed by atoms with Gasteiger partial charge in [0.2, 0.25) is 0 Å². The maximum absolute atomic E-state index is 13.1. The van der Waals surface area contributed by atoms with E-state index in [1.165, 1.54) is 0 Å². The first-order valence-electron chi connectivity index (χ1n) is 9.70. The molecule has 0 atom stereocenters. The van der Waals surface area contributed by atoms with E-state index in [2.05, 4.69) is 31.3 Å². The summed E-state index contributed by atoms with van der Waals surface area (Å²) in [7, 11) is 0. The van der Waals surface area contributed by atoms with E-state index in [0.29, 0.717) is 23.6 Å². The van der Waals surface area contributed by atoms with Crippen LogP contribution in [0, 0.1) is 6.92 Å². The van der Waals surface area contributed by atoms with Gasteiger partial charge >= 0.3 is 0 Å². The molecule has 154 valence electrons. The fourth-order valence-electron chi connectivity index (χ4n) is 3.37. The molecule has 0 radical (unpaired) electrons. The highest BCUT2D eigenvalue weighted by Crippen LogP contribution is 2.26. The Bertz CT molecular complexity index is 1380. The quantitative estimate of drug-likeness (QED) is 0.396. The lowest BCUT2D eigenvalue weighted by atomic mass is 10.2. The van der Waals surface area contributed by atoms with E-state index in [1.807, 2.05) is 78.3 Å². The molecule has 0 aliphatic carbocycles. The van der Waals surface area contributed by atoms with Gasteiger partial charge in [0.1, 0.15) is 17.1 Å². The van der Waals surface area contributed by atoms with Crippen LogP contribution in [0.1, 0.15) is 21.8 Å². The van der Waals surface area contributed by atoms with Gasteiger partial charge in [0, 0.05) is 23.1 Å². The molecular formula is C23H18BrN5O2. The molecule has 0 unspecified atom stereocenters. The molecule has 1 N–H and O–H groups in total. The lowest BCUT2D eigenvalue weighted by Crippen LogP contribution is -2.23. The van der Waals surface area contributed by atoms with E-state index in [9.17, 15) is 4.79 Å². The molecule has 0 saturated heterocycles. The van der Waals surface area contributed by atoms with Gasteiger partial charge in [-0.15, -0.1) is 0 Å². The van der Waals surface area contributed by atoms with Gasteiger partial charge in [0.25, 0.3) is 5.91 Å². The van der Waals surface area contributed by atoms with Crippen LogP contribution in [-0.2, 0) is 6.54 Å². The summed E-state index contributed by atoms with van der Waals surface area (Å²) < 4.78 is 10.3. The highest BCUT2D eigenvalue weighted by Gasteiger charge is 2.21. The molecule has 4 aromatic heterocycles. The van der Waals surface area contributed by atoms with Crippen molar-refractivity contribution in [2.45, 2.75) is 13.5 Å². The zero-order valence-electron chi connectivity index (χ0n) is 16.6. The van der Waals surface area contributed by atoms with Crippen LogP contribution in [0.3, 0.4) is 0 Å². The van der Waals surface area contributed by atoms with Crippen LogP contribution >= 0.6 is 15.9 Å². The molecule has 1 amide bonds. The van der Waals surface area contributed by atoms with Gasteiger partial charge in [0.15, 0.2) is 5.76 Å². The number of aryl methyl sites for hydroxylation is 1. The zero-order chi connectivity index (χ0) is 21.4. The molecule has 0 aliphatic rings. The van der Waals surface area contributed by atoms with E-state index >= 15 is 0 Å². The second-order valence-corrected chi connectivity index (χ2v) is 8.03. The summed E-state index contributed by atoms with van der Waals surface area (Å²) in [5.74, 6) is 1.06. The molecule has 7 nitrogen and oxygen atoms in total. The predicted molar refractivity (Wildman–Crippen MR) is 120 cm³/mol. The Balaban J connectivity index is 1.44. The SMILES string of the molecule is Cc1ccc(-c2nn(-c3ccccc3)cc2C(=O)NCc2cn3cc(Br)ccc3n2)o1. The summed E-state index contributed by atoms with van der Waals surface area (Å²) in [6.07, 6.45) is 5.54. The first kappa shape index (κ1) is 19.3. The number of pyridine rings is 1. The Labute approximate surface area is 186 Å². The maximum atomic E-state index is 13.1. The number of halogens is 1. The highest BCUT2D eigenvalue weighted by molar-refractivity contribution is 9.10. The number of hydrogen-bond donors (Lipinski definition) is 1. The van der Waals surface area contributed by atoms with Crippen LogP contribution < -0.4 is 5.32 Å². The molecule has 4 heterocycles. The number of furan rings is 1. The molecule has 5 rings (SSSR count). The topological polar surface area (TPSA) is 77.4 Å². The normalized spacial score (nSPS) is 11.2. The van der Waals surface area contributed by atoms with Crippen LogP contribution in [0.4, 0.5) is 0 Å². The lowest BCUT2D eigenvalue weighted by molar-refractivity contribution is 0.0951. The molecule has 31 heavy (non-hydrogen) atoms. The van der Waals surface area contributed by atoms with Crippen molar-refractivity contribution < 1.29 is 9.21 Å². The third-order valence-electron chi connectivity index (χ3n) is 4.85. The average Bonchev–Trinajstić information content (AvgIpc) is 3.50. The van der Waals surface area contributed by atoms with Gasteiger partial charge in [-0.2, -0.15) is 5.10 Å². The monoisotopic (exact) mass is 475 g/mol. The largest absolute Gasteiger partial charge is 0.460 e. The van der Waals surface area contributed by atoms with Crippen molar-refractivity contribution in [2.24, 2.45) is 0 Å². The summed E-state index contributed by atoms with van der Waals surface area (Å²) in [4.78, 5) is 17.6. The molecule has 8 heteroatoms. The van der Waals surface area contributed by atoms with Crippen LogP contribution in [0.5, 0.6) is 0 Å². The standard InChI is InChI=1S/C23H18BrN5O2/c1-15-7-9-20(31-15)22-19(14-29(27-22)18-5-3-2-4-6-18)23(30)25-11-17-13-28-12-16(24)8-10-21(28)26-17/h2-10,12-14H,11H2,1H3,(H,25,30). The average molecular weight is 476 g/mol. The van der Waals surface area contributed by atoms with Gasteiger partial charge in [-0.1, -0.05) is 18.2 Å². The number of benzene rings is 1. The Kier molecular flexibility index (Phi) is 4.91. The fraction of sp³-hybridized carbons (Fsp3) is 0.0870. The third-order valence-corrected chi connectivity index (χ3v) is 5.32. The Hall–Kier alpha value is -3.65. The van der Waals surface area contributed by atoms with E-state index in [-0.39, 0.29) is 5.91 Å². The van der Waals surface area contributed by atoms with Gasteiger partial charge < -0.3 is 14.1 Å². The summed E-state index contributed by atoms with van der Waals surface area (Å²) >= 11 is 3.45. The van der Waals surface area contributed by atoms with Crippen molar-refractivity contribution in [3.63, 3.8) is 0 Å². The van der Waals surface area contributed by atoms with Crippen molar-refractivity contribution in [1.82, 2.24) is 24.5 Å². The minimum Gasteiger partial charge on any atom is -0.460 e. The zero-order valence-corrected chi connectivity index (χ0v) is 18.2. The number of rotatable bonds is 5. The maximum Gasteiger partial charge on any atom is 0.255 e. The van der Waals surface area contributed by atoms with Crippen LogP contribution in [-0.4, -0.2) is 25.1 Å². The van der Waals surface area contributed by atoms with E-state index in [0.717, 1.165) is 27.3 Å². The van der Waals surface area contributed by atoms with Gasteiger partial charge in [0.05, 0.1) is 23.5 Å². The number of para-hydroxylation sites is 1. The fourth-order valence-corrected chi connectivity index (χ4v) is 3.72. The van der Waals surface area contributed by atoms with Crippen molar-refractivity contribution >= 4 is 27.5 Å². The number of carbonyl (C=O) groups excluding carboxylic acids is 1. The smallest absolute Gasteiger partial charge is 0.255 e. The number of fused-ring (bicyclic) bond motifs is 1. The highest BCUT2D eigenvalue weighted by atomic mass is 79.9. The molecule has 0 aliphatic heterocycles. The van der Waals surface area contributed by atoms with E-state index < -0.39 is 0 Å². The number of nitrogens with zero attached hydrogens (tertiary/aromatic N) is 4. The Morgan fingerprint density at radius 1 is 1.06 bits per heavy atom. The van der Waals surface area contributed by atoms with Crippen LogP contribution in [0.2, 0.25) is 0 Å². The van der Waals surface area contributed by atoms with Crippen LogP contribution in [0.25, 0.3) is 22.8 Å². The molecule has 0 saturated carbocycles. The summed E-state index contributed by atoms with van der Waals surface area (Å²) in [6, 6.07) is 17.2. The third kappa shape index (κ3) is 3.89. The van der Waals surface area contributed by atoms with Crippen molar-refractivity contribution in [3.8, 4) is 17.1 Å². The minimum atomic E-state index is -0.246. The molecule has 0 fully saturated rings. The number of hydrogen-bond acceptors (Lipinski definition) is 4. The van der Waals surface area contributed by atoms with E-state index in [1.54, 1.807) is 10.9 Å². The second-order valence-electron chi connectivity index (χ2n) is 7.11. The molecule has 5 aromatic rings. The Morgan fingerprint density at radius 2 is 1.90 bits per heavy atom. The summed E-state index contributed by atoms with van der Waals surface area (Å²) in [5, 5.41) is 7.57. The number of carbonyl (C=O) groups is 1. The minimum absolute atomic E-state index is 0.246. The number of imidazole rings is 1. The first-order chi connectivity index (χ1) is 15.1.